The maximum absolute atomic E-state index is 11.7. The molecule has 5 heteroatoms. The maximum Gasteiger partial charge on any atom is 0.407 e. The van der Waals surface area contributed by atoms with E-state index in [1.54, 1.807) is 6.92 Å². The van der Waals surface area contributed by atoms with Gasteiger partial charge in [-0.1, -0.05) is 72.1 Å². The van der Waals surface area contributed by atoms with E-state index in [9.17, 15) is 9.59 Å². The summed E-state index contributed by atoms with van der Waals surface area (Å²) in [6.07, 6.45) is 10.9. The van der Waals surface area contributed by atoms with Crippen molar-refractivity contribution in [2.75, 3.05) is 13.2 Å². The largest absolute Gasteiger partial charge is 0.466 e. The molecule has 0 aliphatic rings. The molecule has 148 valence electrons. The van der Waals surface area contributed by atoms with Crippen LogP contribution in [0, 0.1) is 5.92 Å². The van der Waals surface area contributed by atoms with Gasteiger partial charge in [-0.3, -0.25) is 4.79 Å². The zero-order valence-electron chi connectivity index (χ0n) is 16.8. The first-order chi connectivity index (χ1) is 12.0. The second-order valence-corrected chi connectivity index (χ2v) is 7.29. The Bertz CT molecular complexity index is 345. The van der Waals surface area contributed by atoms with Crippen molar-refractivity contribution in [1.82, 2.24) is 5.32 Å². The lowest BCUT2D eigenvalue weighted by Crippen LogP contribution is -2.35. The quantitative estimate of drug-likeness (QED) is 0.322. The predicted molar refractivity (Wildman–Crippen MR) is 102 cm³/mol. The Morgan fingerprint density at radius 1 is 0.840 bits per heavy atom. The topological polar surface area (TPSA) is 64.6 Å². The molecule has 0 aromatic rings. The molecule has 0 spiro atoms. The number of carbonyl (C=O) groups is 2. The van der Waals surface area contributed by atoms with E-state index in [2.05, 4.69) is 12.2 Å². The molecule has 1 atom stereocenters. The lowest BCUT2D eigenvalue weighted by molar-refractivity contribution is -0.144. The Kier molecular flexibility index (Phi) is 15.4. The van der Waals surface area contributed by atoms with Crippen molar-refractivity contribution in [2.24, 2.45) is 5.92 Å². The number of esters is 1. The summed E-state index contributed by atoms with van der Waals surface area (Å²) in [6.45, 7) is 8.80. The molecule has 0 aromatic carbocycles. The van der Waals surface area contributed by atoms with Gasteiger partial charge in [0.1, 0.15) is 0 Å². The molecule has 0 fully saturated rings. The summed E-state index contributed by atoms with van der Waals surface area (Å²) in [4.78, 5) is 23.2. The van der Waals surface area contributed by atoms with Crippen molar-refractivity contribution in [3.8, 4) is 0 Å². The molecule has 1 unspecified atom stereocenters. The SMILES string of the molecule is CCCCCCCCCCCOC(=O)CC(C)NC(=O)OCC(C)C. The smallest absolute Gasteiger partial charge is 0.407 e. The van der Waals surface area contributed by atoms with Crippen LogP contribution in [0.2, 0.25) is 0 Å². The second kappa shape index (κ2) is 16.2. The zero-order chi connectivity index (χ0) is 18.9. The van der Waals surface area contributed by atoms with Gasteiger partial charge in [-0.25, -0.2) is 4.79 Å². The molecule has 0 aromatic heterocycles. The standard InChI is InChI=1S/C20H39NO4/c1-5-6-7-8-9-10-11-12-13-14-24-19(22)15-18(4)21-20(23)25-16-17(2)3/h17-18H,5-16H2,1-4H3,(H,21,23). The Labute approximate surface area is 154 Å². The molecular weight excluding hydrogens is 318 g/mol. The van der Waals surface area contributed by atoms with Crippen LogP contribution in [0.15, 0.2) is 0 Å². The van der Waals surface area contributed by atoms with E-state index >= 15 is 0 Å². The molecule has 1 N–H and O–H groups in total. The monoisotopic (exact) mass is 357 g/mol. The lowest BCUT2D eigenvalue weighted by Gasteiger charge is -2.14. The van der Waals surface area contributed by atoms with E-state index in [4.69, 9.17) is 9.47 Å². The van der Waals surface area contributed by atoms with E-state index < -0.39 is 6.09 Å². The number of ether oxygens (including phenoxy) is 2. The van der Waals surface area contributed by atoms with E-state index in [-0.39, 0.29) is 18.4 Å². The summed E-state index contributed by atoms with van der Waals surface area (Å²) in [5.41, 5.74) is 0. The number of alkyl carbamates (subject to hydrolysis) is 1. The molecular formula is C20H39NO4. The Morgan fingerprint density at radius 3 is 1.96 bits per heavy atom. The molecule has 0 saturated heterocycles. The summed E-state index contributed by atoms with van der Waals surface area (Å²) < 4.78 is 10.2. The van der Waals surface area contributed by atoms with Gasteiger partial charge in [-0.15, -0.1) is 0 Å². The van der Waals surface area contributed by atoms with Crippen LogP contribution in [-0.2, 0) is 14.3 Å². The fourth-order valence-electron chi connectivity index (χ4n) is 2.44. The Hall–Kier alpha value is -1.26. The van der Waals surface area contributed by atoms with E-state index in [1.807, 2.05) is 13.8 Å². The van der Waals surface area contributed by atoms with Gasteiger partial charge in [0, 0.05) is 6.04 Å². The first kappa shape index (κ1) is 23.7. The molecule has 0 radical (unpaired) electrons. The third-order valence-corrected chi connectivity index (χ3v) is 3.90. The molecule has 0 bridgehead atoms. The number of unbranched alkanes of at least 4 members (excludes halogenated alkanes) is 8. The highest BCUT2D eigenvalue weighted by Gasteiger charge is 2.13. The van der Waals surface area contributed by atoms with Crippen molar-refractivity contribution in [2.45, 2.75) is 97.9 Å². The summed E-state index contributed by atoms with van der Waals surface area (Å²) in [7, 11) is 0. The number of nitrogens with one attached hydrogen (secondary N) is 1. The van der Waals surface area contributed by atoms with Gasteiger partial charge in [0.25, 0.3) is 0 Å². The van der Waals surface area contributed by atoms with Gasteiger partial charge in [0.2, 0.25) is 0 Å². The summed E-state index contributed by atoms with van der Waals surface area (Å²) >= 11 is 0. The molecule has 0 saturated carbocycles. The van der Waals surface area contributed by atoms with Crippen LogP contribution < -0.4 is 5.32 Å². The number of carbonyl (C=O) groups excluding carboxylic acids is 2. The van der Waals surface area contributed by atoms with Gasteiger partial charge >= 0.3 is 12.1 Å². The van der Waals surface area contributed by atoms with Gasteiger partial charge in [0.15, 0.2) is 0 Å². The van der Waals surface area contributed by atoms with E-state index in [0.29, 0.717) is 19.1 Å². The van der Waals surface area contributed by atoms with Crippen LogP contribution in [-0.4, -0.2) is 31.3 Å². The summed E-state index contributed by atoms with van der Waals surface area (Å²) in [6, 6.07) is -0.282. The molecule has 25 heavy (non-hydrogen) atoms. The van der Waals surface area contributed by atoms with E-state index in [0.717, 1.165) is 12.8 Å². The molecule has 0 aliphatic heterocycles. The number of amides is 1. The van der Waals surface area contributed by atoms with Crippen LogP contribution in [0.1, 0.15) is 91.9 Å². The van der Waals surface area contributed by atoms with Crippen molar-refractivity contribution >= 4 is 12.1 Å². The van der Waals surface area contributed by atoms with Crippen molar-refractivity contribution in [1.29, 1.82) is 0 Å². The van der Waals surface area contributed by atoms with Crippen LogP contribution in [0.4, 0.5) is 4.79 Å². The Balaban J connectivity index is 3.49. The summed E-state index contributed by atoms with van der Waals surface area (Å²) in [5, 5.41) is 2.64. The molecule has 0 rings (SSSR count). The lowest BCUT2D eigenvalue weighted by atomic mass is 10.1. The Morgan fingerprint density at radius 2 is 1.40 bits per heavy atom. The van der Waals surface area contributed by atoms with Gasteiger partial charge in [-0.2, -0.15) is 0 Å². The summed E-state index contributed by atoms with van der Waals surface area (Å²) in [5.74, 6) is 0.0265. The average Bonchev–Trinajstić information content (AvgIpc) is 2.54. The molecule has 0 heterocycles. The predicted octanol–water partition coefficient (Wildman–Crippen LogP) is 5.22. The minimum Gasteiger partial charge on any atom is -0.466 e. The van der Waals surface area contributed by atoms with E-state index in [1.165, 1.54) is 44.9 Å². The van der Waals surface area contributed by atoms with Crippen molar-refractivity contribution in [3.05, 3.63) is 0 Å². The average molecular weight is 358 g/mol. The fraction of sp³-hybridized carbons (Fsp3) is 0.900. The molecule has 0 aliphatic carbocycles. The van der Waals surface area contributed by atoms with Crippen LogP contribution in [0.5, 0.6) is 0 Å². The first-order valence-electron chi connectivity index (χ1n) is 10.0. The van der Waals surface area contributed by atoms with Gasteiger partial charge in [0.05, 0.1) is 19.6 Å². The minimum atomic E-state index is -0.479. The van der Waals surface area contributed by atoms with Gasteiger partial charge in [-0.05, 0) is 19.3 Å². The first-order valence-corrected chi connectivity index (χ1v) is 10.0. The van der Waals surface area contributed by atoms with Crippen LogP contribution in [0.25, 0.3) is 0 Å². The van der Waals surface area contributed by atoms with Crippen molar-refractivity contribution < 1.29 is 19.1 Å². The van der Waals surface area contributed by atoms with Crippen molar-refractivity contribution in [3.63, 3.8) is 0 Å². The molecule has 1 amide bonds. The highest BCUT2D eigenvalue weighted by Crippen LogP contribution is 2.09. The second-order valence-electron chi connectivity index (χ2n) is 7.29. The van der Waals surface area contributed by atoms with Crippen LogP contribution in [0.3, 0.4) is 0 Å². The third kappa shape index (κ3) is 17.4. The highest BCUT2D eigenvalue weighted by atomic mass is 16.5. The zero-order valence-corrected chi connectivity index (χ0v) is 16.8. The fourth-order valence-corrected chi connectivity index (χ4v) is 2.44. The highest BCUT2D eigenvalue weighted by molar-refractivity contribution is 5.72. The number of hydrogen-bond donors (Lipinski definition) is 1. The number of hydrogen-bond acceptors (Lipinski definition) is 4. The minimum absolute atomic E-state index is 0.175. The third-order valence-electron chi connectivity index (χ3n) is 3.90. The molecule has 5 nitrogen and oxygen atoms in total. The number of rotatable bonds is 15. The van der Waals surface area contributed by atoms with Gasteiger partial charge < -0.3 is 14.8 Å². The maximum atomic E-state index is 11.7. The van der Waals surface area contributed by atoms with Crippen LogP contribution >= 0.6 is 0 Å². The normalized spacial score (nSPS) is 12.0.